The average Bonchev–Trinajstić information content (AvgIpc) is 2.82. The van der Waals surface area contributed by atoms with Crippen LogP contribution in [-0.2, 0) is 9.53 Å². The Morgan fingerprint density at radius 1 is 1.00 bits per heavy atom. The number of aliphatic imine (C=N–C) groups is 1. The van der Waals surface area contributed by atoms with Gasteiger partial charge in [0.05, 0.1) is 0 Å². The number of carbonyl (C=O) groups is 1. The predicted molar refractivity (Wildman–Crippen MR) is 78.2 cm³/mol. The summed E-state index contributed by atoms with van der Waals surface area (Å²) in [5.41, 5.74) is 3.21. The molecule has 0 spiro atoms. The lowest BCUT2D eigenvalue weighted by molar-refractivity contribution is -0.129. The molecule has 20 heavy (non-hydrogen) atoms. The molecule has 0 amide bonds. The monoisotopic (exact) mass is 263 g/mol. The van der Waals surface area contributed by atoms with E-state index in [0.29, 0.717) is 11.6 Å². The van der Waals surface area contributed by atoms with Crippen LogP contribution in [0.15, 0.2) is 65.3 Å². The first-order valence-corrected chi connectivity index (χ1v) is 6.37. The molecule has 1 heterocycles. The molecule has 1 aliphatic rings. The topological polar surface area (TPSA) is 38.7 Å². The van der Waals surface area contributed by atoms with Crippen molar-refractivity contribution in [1.29, 1.82) is 0 Å². The third-order valence-corrected chi connectivity index (χ3v) is 3.02. The van der Waals surface area contributed by atoms with E-state index in [2.05, 4.69) is 4.99 Å². The van der Waals surface area contributed by atoms with Crippen LogP contribution in [0, 0.1) is 6.92 Å². The summed E-state index contributed by atoms with van der Waals surface area (Å²) in [4.78, 5) is 16.1. The minimum atomic E-state index is -0.413. The molecule has 0 atom stereocenters. The second kappa shape index (κ2) is 5.13. The molecule has 2 aromatic carbocycles. The molecule has 0 unspecified atom stereocenters. The molecule has 0 aliphatic carbocycles. The van der Waals surface area contributed by atoms with Crippen molar-refractivity contribution in [1.82, 2.24) is 0 Å². The lowest BCUT2D eigenvalue weighted by Gasteiger charge is -1.99. The molecule has 0 saturated heterocycles. The zero-order valence-corrected chi connectivity index (χ0v) is 11.0. The van der Waals surface area contributed by atoms with E-state index in [4.69, 9.17) is 4.74 Å². The SMILES string of the molecule is Cc1ccc(C2=N/C(=C\c3ccccc3)C(=O)O2)cc1. The van der Waals surface area contributed by atoms with Crippen molar-refractivity contribution in [3.63, 3.8) is 0 Å². The van der Waals surface area contributed by atoms with Crippen LogP contribution in [0.2, 0.25) is 0 Å². The molecule has 3 rings (SSSR count). The fourth-order valence-corrected chi connectivity index (χ4v) is 1.94. The smallest absolute Gasteiger partial charge is 0.363 e. The van der Waals surface area contributed by atoms with Gasteiger partial charge in [-0.3, -0.25) is 0 Å². The van der Waals surface area contributed by atoms with Crippen molar-refractivity contribution in [2.24, 2.45) is 4.99 Å². The molecule has 2 aromatic rings. The quantitative estimate of drug-likeness (QED) is 0.615. The molecule has 3 heteroatoms. The van der Waals surface area contributed by atoms with Crippen LogP contribution in [0.4, 0.5) is 0 Å². The van der Waals surface area contributed by atoms with E-state index in [9.17, 15) is 4.79 Å². The molecule has 3 nitrogen and oxygen atoms in total. The predicted octanol–water partition coefficient (Wildman–Crippen LogP) is 3.34. The van der Waals surface area contributed by atoms with Crippen molar-refractivity contribution >= 4 is 17.9 Å². The minimum absolute atomic E-state index is 0.326. The Kier molecular flexibility index (Phi) is 3.17. The van der Waals surface area contributed by atoms with E-state index in [1.165, 1.54) is 0 Å². The lowest BCUT2D eigenvalue weighted by atomic mass is 10.1. The summed E-state index contributed by atoms with van der Waals surface area (Å²) in [6.45, 7) is 2.01. The summed E-state index contributed by atoms with van der Waals surface area (Å²) in [6, 6.07) is 17.3. The molecule has 0 saturated carbocycles. The van der Waals surface area contributed by atoms with E-state index < -0.39 is 5.97 Å². The second-order valence-corrected chi connectivity index (χ2v) is 4.61. The van der Waals surface area contributed by atoms with Gasteiger partial charge in [0.15, 0.2) is 5.70 Å². The second-order valence-electron chi connectivity index (χ2n) is 4.61. The Balaban J connectivity index is 1.93. The van der Waals surface area contributed by atoms with Crippen molar-refractivity contribution in [2.45, 2.75) is 6.92 Å². The maximum Gasteiger partial charge on any atom is 0.363 e. The highest BCUT2D eigenvalue weighted by Gasteiger charge is 2.23. The van der Waals surface area contributed by atoms with Crippen LogP contribution in [-0.4, -0.2) is 11.9 Å². The molecule has 0 N–H and O–H groups in total. The van der Waals surface area contributed by atoms with Crippen LogP contribution in [0.3, 0.4) is 0 Å². The highest BCUT2D eigenvalue weighted by molar-refractivity contribution is 6.12. The van der Waals surface area contributed by atoms with Crippen molar-refractivity contribution in [3.05, 3.63) is 77.0 Å². The summed E-state index contributed by atoms with van der Waals surface area (Å²) < 4.78 is 5.21. The van der Waals surface area contributed by atoms with Gasteiger partial charge in [-0.15, -0.1) is 0 Å². The van der Waals surface area contributed by atoms with Crippen LogP contribution in [0.25, 0.3) is 6.08 Å². The van der Waals surface area contributed by atoms with Crippen molar-refractivity contribution in [2.75, 3.05) is 0 Å². The van der Waals surface area contributed by atoms with Crippen LogP contribution < -0.4 is 0 Å². The van der Waals surface area contributed by atoms with Crippen molar-refractivity contribution in [3.8, 4) is 0 Å². The Morgan fingerprint density at radius 2 is 1.70 bits per heavy atom. The van der Waals surface area contributed by atoms with Crippen LogP contribution in [0.1, 0.15) is 16.7 Å². The molecular weight excluding hydrogens is 250 g/mol. The average molecular weight is 263 g/mol. The number of carbonyl (C=O) groups excluding carboxylic acids is 1. The summed E-state index contributed by atoms with van der Waals surface area (Å²) in [6.07, 6.45) is 1.73. The molecule has 98 valence electrons. The number of rotatable bonds is 2. The number of esters is 1. The van der Waals surface area contributed by atoms with Gasteiger partial charge in [-0.05, 0) is 30.7 Å². The number of hydrogen-bond acceptors (Lipinski definition) is 3. The van der Waals surface area contributed by atoms with Gasteiger partial charge >= 0.3 is 5.97 Å². The van der Waals surface area contributed by atoms with E-state index in [1.807, 2.05) is 61.5 Å². The first kappa shape index (κ1) is 12.4. The molecule has 0 bridgehead atoms. The molecule has 1 aliphatic heterocycles. The summed E-state index contributed by atoms with van der Waals surface area (Å²) in [5.74, 6) is -0.0541. The molecule has 0 aromatic heterocycles. The van der Waals surface area contributed by atoms with E-state index in [-0.39, 0.29) is 0 Å². The third kappa shape index (κ3) is 2.52. The maximum atomic E-state index is 11.8. The summed E-state index contributed by atoms with van der Waals surface area (Å²) >= 11 is 0. The lowest BCUT2D eigenvalue weighted by Crippen LogP contribution is -2.05. The number of nitrogens with zero attached hydrogens (tertiary/aromatic N) is 1. The molecule has 0 radical (unpaired) electrons. The van der Waals surface area contributed by atoms with Gasteiger partial charge in [0.2, 0.25) is 5.90 Å². The minimum Gasteiger partial charge on any atom is -0.402 e. The van der Waals surface area contributed by atoms with Crippen LogP contribution in [0.5, 0.6) is 0 Å². The number of aryl methyl sites for hydroxylation is 1. The summed E-state index contributed by atoms with van der Waals surface area (Å²) in [5, 5.41) is 0. The van der Waals surface area contributed by atoms with Gasteiger partial charge in [0, 0.05) is 5.56 Å². The van der Waals surface area contributed by atoms with Gasteiger partial charge in [-0.2, -0.15) is 0 Å². The Hall–Kier alpha value is -2.68. The van der Waals surface area contributed by atoms with Gasteiger partial charge in [0.25, 0.3) is 0 Å². The van der Waals surface area contributed by atoms with E-state index in [1.54, 1.807) is 6.08 Å². The molecular formula is C17H13NO2. The van der Waals surface area contributed by atoms with Crippen molar-refractivity contribution < 1.29 is 9.53 Å². The highest BCUT2D eigenvalue weighted by Crippen LogP contribution is 2.19. The van der Waals surface area contributed by atoms with Crippen LogP contribution >= 0.6 is 0 Å². The fourth-order valence-electron chi connectivity index (χ4n) is 1.94. The number of hydrogen-bond donors (Lipinski definition) is 0. The Morgan fingerprint density at radius 3 is 2.40 bits per heavy atom. The van der Waals surface area contributed by atoms with Gasteiger partial charge < -0.3 is 4.74 Å². The maximum absolute atomic E-state index is 11.8. The Labute approximate surface area is 117 Å². The van der Waals surface area contributed by atoms with Gasteiger partial charge in [-0.25, -0.2) is 9.79 Å². The number of cyclic esters (lactones) is 1. The van der Waals surface area contributed by atoms with E-state index >= 15 is 0 Å². The zero-order chi connectivity index (χ0) is 13.9. The largest absolute Gasteiger partial charge is 0.402 e. The van der Waals surface area contributed by atoms with Gasteiger partial charge in [-0.1, -0.05) is 48.0 Å². The van der Waals surface area contributed by atoms with Gasteiger partial charge in [0.1, 0.15) is 0 Å². The number of benzene rings is 2. The first-order chi connectivity index (χ1) is 9.72. The standard InChI is InChI=1S/C17H13NO2/c1-12-7-9-14(10-8-12)16-18-15(17(19)20-16)11-13-5-3-2-4-6-13/h2-11H,1H3/b15-11-. The molecule has 0 fully saturated rings. The number of ether oxygens (including phenoxy) is 1. The normalized spacial score (nSPS) is 16.1. The third-order valence-electron chi connectivity index (χ3n) is 3.02. The zero-order valence-electron chi connectivity index (χ0n) is 11.0. The summed E-state index contributed by atoms with van der Waals surface area (Å²) in [7, 11) is 0. The highest BCUT2D eigenvalue weighted by atomic mass is 16.6. The fraction of sp³-hybridized carbons (Fsp3) is 0.0588. The first-order valence-electron chi connectivity index (χ1n) is 6.37. The Bertz CT molecular complexity index is 698. The van der Waals surface area contributed by atoms with E-state index in [0.717, 1.165) is 16.7 Å².